The molecule has 1 unspecified atom stereocenters. The van der Waals surface area contributed by atoms with Gasteiger partial charge in [-0.05, 0) is 13.3 Å². The summed E-state index contributed by atoms with van der Waals surface area (Å²) >= 11 is 0. The summed E-state index contributed by atoms with van der Waals surface area (Å²) in [5.74, 6) is -1.57. The summed E-state index contributed by atoms with van der Waals surface area (Å²) in [5.41, 5.74) is 2.02. The molecule has 2 aromatic rings. The predicted octanol–water partition coefficient (Wildman–Crippen LogP) is 0.535. The van der Waals surface area contributed by atoms with Gasteiger partial charge >= 0.3 is 0 Å². The summed E-state index contributed by atoms with van der Waals surface area (Å²) in [6.07, 6.45) is 1.35. The van der Waals surface area contributed by atoms with Gasteiger partial charge in [-0.1, -0.05) is 35.0 Å². The van der Waals surface area contributed by atoms with Crippen LogP contribution in [0.4, 0.5) is 0 Å². The van der Waals surface area contributed by atoms with Gasteiger partial charge in [0.2, 0.25) is 23.5 Å². The van der Waals surface area contributed by atoms with Crippen LogP contribution in [0.25, 0.3) is 11.4 Å². The van der Waals surface area contributed by atoms with Crippen LogP contribution in [0.15, 0.2) is 40.6 Å². The number of likely N-dealkylation sites (N-methyl/N-ethyl adjacent to an activating group) is 1. The molecule has 10 nitrogen and oxygen atoms in total. The molecule has 0 saturated carbocycles. The van der Waals surface area contributed by atoms with E-state index in [1.54, 1.807) is 7.05 Å². The van der Waals surface area contributed by atoms with Crippen LogP contribution in [-0.2, 0) is 25.7 Å². The molecule has 2 aliphatic heterocycles. The Morgan fingerprint density at radius 3 is 2.63 bits per heavy atom. The second-order valence-corrected chi connectivity index (χ2v) is 7.24. The standard InChI is InChI=1S/C20H19N5O5/c1-11-3-5-12(6-4-11)18-22-16(30-23-18)10-24(2)14-9-17(27)25(20(14)29)13-7-8-15(26)21-19(13)28/h3-6,9,13H,7-8,10H2,1-2H3,(H,21,26,28). The summed E-state index contributed by atoms with van der Waals surface area (Å²) in [7, 11) is 1.61. The van der Waals surface area contributed by atoms with Gasteiger partial charge in [0.1, 0.15) is 11.7 Å². The number of imide groups is 2. The number of rotatable bonds is 5. The number of benzene rings is 1. The number of piperidine rings is 1. The lowest BCUT2D eigenvalue weighted by atomic mass is 10.0. The molecular weight excluding hydrogens is 390 g/mol. The van der Waals surface area contributed by atoms with Crippen LogP contribution < -0.4 is 5.32 Å². The highest BCUT2D eigenvalue weighted by molar-refractivity contribution is 6.18. The monoisotopic (exact) mass is 409 g/mol. The number of nitrogens with zero attached hydrogens (tertiary/aromatic N) is 4. The second kappa shape index (κ2) is 7.54. The van der Waals surface area contributed by atoms with Crippen molar-refractivity contribution in [1.82, 2.24) is 25.3 Å². The normalized spacial score (nSPS) is 19.2. The molecule has 1 fully saturated rings. The molecule has 4 rings (SSSR count). The maximum Gasteiger partial charge on any atom is 0.277 e. The van der Waals surface area contributed by atoms with Gasteiger partial charge in [0.15, 0.2) is 0 Å². The molecule has 3 heterocycles. The smallest absolute Gasteiger partial charge is 0.277 e. The SMILES string of the molecule is Cc1ccc(-c2noc(CN(C)C3=CC(=O)N(C4CCC(=O)NC4=O)C3=O)n2)cc1. The highest BCUT2D eigenvalue weighted by atomic mass is 16.5. The van der Waals surface area contributed by atoms with Crippen LogP contribution in [0.1, 0.15) is 24.3 Å². The van der Waals surface area contributed by atoms with E-state index in [9.17, 15) is 19.2 Å². The number of aryl methyl sites for hydroxylation is 1. The van der Waals surface area contributed by atoms with Crippen molar-refractivity contribution < 1.29 is 23.7 Å². The third kappa shape index (κ3) is 3.59. The van der Waals surface area contributed by atoms with Crippen LogP contribution in [0.2, 0.25) is 0 Å². The number of hydrogen-bond donors (Lipinski definition) is 1. The second-order valence-electron chi connectivity index (χ2n) is 7.24. The first-order chi connectivity index (χ1) is 14.3. The van der Waals surface area contributed by atoms with Gasteiger partial charge in [-0.25, -0.2) is 0 Å². The molecule has 154 valence electrons. The molecule has 1 atom stereocenters. The van der Waals surface area contributed by atoms with Crippen molar-refractivity contribution in [2.75, 3.05) is 7.05 Å². The lowest BCUT2D eigenvalue weighted by Gasteiger charge is -2.29. The van der Waals surface area contributed by atoms with Crippen LogP contribution in [-0.4, -0.2) is 56.7 Å². The van der Waals surface area contributed by atoms with Crippen molar-refractivity contribution in [3.05, 3.63) is 47.5 Å². The topological polar surface area (TPSA) is 126 Å². The van der Waals surface area contributed by atoms with E-state index in [1.165, 1.54) is 11.0 Å². The van der Waals surface area contributed by atoms with Crippen LogP contribution in [0.5, 0.6) is 0 Å². The summed E-state index contributed by atoms with van der Waals surface area (Å²) < 4.78 is 5.27. The maximum absolute atomic E-state index is 12.8. The highest BCUT2D eigenvalue weighted by Crippen LogP contribution is 2.24. The van der Waals surface area contributed by atoms with Gasteiger partial charge in [-0.15, -0.1) is 0 Å². The van der Waals surface area contributed by atoms with E-state index in [4.69, 9.17) is 4.52 Å². The fraction of sp³-hybridized carbons (Fsp3) is 0.300. The third-order valence-electron chi connectivity index (χ3n) is 5.02. The Balaban J connectivity index is 1.46. The molecule has 4 amide bonds. The molecule has 2 aliphatic rings. The molecule has 0 aliphatic carbocycles. The zero-order chi connectivity index (χ0) is 21.4. The molecule has 0 bridgehead atoms. The maximum atomic E-state index is 12.8. The van der Waals surface area contributed by atoms with E-state index in [1.807, 2.05) is 31.2 Å². The molecule has 1 N–H and O–H groups in total. The van der Waals surface area contributed by atoms with Crippen LogP contribution in [0.3, 0.4) is 0 Å². The van der Waals surface area contributed by atoms with Crippen molar-refractivity contribution in [1.29, 1.82) is 0 Å². The Morgan fingerprint density at radius 1 is 1.20 bits per heavy atom. The molecule has 0 radical (unpaired) electrons. The van der Waals surface area contributed by atoms with Gasteiger partial charge in [0.25, 0.3) is 11.8 Å². The summed E-state index contributed by atoms with van der Waals surface area (Å²) in [6, 6.07) is 6.64. The van der Waals surface area contributed by atoms with E-state index in [-0.39, 0.29) is 31.0 Å². The highest BCUT2D eigenvalue weighted by Gasteiger charge is 2.43. The zero-order valence-corrected chi connectivity index (χ0v) is 16.4. The van der Waals surface area contributed by atoms with E-state index in [0.29, 0.717) is 5.82 Å². The lowest BCUT2D eigenvalue weighted by molar-refractivity contribution is -0.150. The first-order valence-corrected chi connectivity index (χ1v) is 9.37. The Labute approximate surface area is 171 Å². The summed E-state index contributed by atoms with van der Waals surface area (Å²) in [5, 5.41) is 6.11. The minimum absolute atomic E-state index is 0.0718. The number of carbonyl (C=O) groups is 4. The molecule has 1 saturated heterocycles. The Morgan fingerprint density at radius 2 is 1.93 bits per heavy atom. The van der Waals surface area contributed by atoms with Crippen LogP contribution in [0, 0.1) is 6.92 Å². The number of aromatic nitrogens is 2. The predicted molar refractivity (Wildman–Crippen MR) is 102 cm³/mol. The number of nitrogens with one attached hydrogen (secondary N) is 1. The van der Waals surface area contributed by atoms with Gasteiger partial charge in [-0.3, -0.25) is 29.4 Å². The van der Waals surface area contributed by atoms with E-state index in [0.717, 1.165) is 16.0 Å². The molecule has 1 aromatic heterocycles. The minimum Gasteiger partial charge on any atom is -0.361 e. The van der Waals surface area contributed by atoms with Gasteiger partial charge in [0.05, 0.1) is 6.54 Å². The average Bonchev–Trinajstić information content (AvgIpc) is 3.27. The van der Waals surface area contributed by atoms with Crippen molar-refractivity contribution in [2.24, 2.45) is 0 Å². The average molecular weight is 409 g/mol. The number of hydrogen-bond acceptors (Lipinski definition) is 8. The number of amides is 4. The van der Waals surface area contributed by atoms with E-state index < -0.39 is 29.7 Å². The minimum atomic E-state index is -0.999. The Hall–Kier alpha value is -3.82. The molecule has 10 heteroatoms. The van der Waals surface area contributed by atoms with E-state index in [2.05, 4.69) is 15.5 Å². The van der Waals surface area contributed by atoms with Crippen molar-refractivity contribution in [3.8, 4) is 11.4 Å². The third-order valence-corrected chi connectivity index (χ3v) is 5.02. The van der Waals surface area contributed by atoms with Crippen LogP contribution >= 0.6 is 0 Å². The molecule has 30 heavy (non-hydrogen) atoms. The van der Waals surface area contributed by atoms with Gasteiger partial charge < -0.3 is 9.42 Å². The zero-order valence-electron chi connectivity index (χ0n) is 16.4. The van der Waals surface area contributed by atoms with Crippen molar-refractivity contribution in [3.63, 3.8) is 0 Å². The van der Waals surface area contributed by atoms with Crippen molar-refractivity contribution >= 4 is 23.6 Å². The van der Waals surface area contributed by atoms with Gasteiger partial charge in [0, 0.05) is 25.1 Å². The lowest BCUT2D eigenvalue weighted by Crippen LogP contribution is -2.54. The summed E-state index contributed by atoms with van der Waals surface area (Å²) in [4.78, 5) is 55.3. The molecular formula is C20H19N5O5. The Kier molecular flexibility index (Phi) is 4.90. The molecule has 0 spiro atoms. The molecule has 1 aromatic carbocycles. The Bertz CT molecular complexity index is 1070. The quantitative estimate of drug-likeness (QED) is 0.709. The largest absolute Gasteiger partial charge is 0.361 e. The fourth-order valence-corrected chi connectivity index (χ4v) is 3.40. The van der Waals surface area contributed by atoms with Gasteiger partial charge in [-0.2, -0.15) is 4.98 Å². The van der Waals surface area contributed by atoms with E-state index >= 15 is 0 Å². The van der Waals surface area contributed by atoms with Crippen molar-refractivity contribution in [2.45, 2.75) is 32.4 Å². The first-order valence-electron chi connectivity index (χ1n) is 9.37. The summed E-state index contributed by atoms with van der Waals surface area (Å²) in [6.45, 7) is 2.08. The fourth-order valence-electron chi connectivity index (χ4n) is 3.40. The first kappa shape index (κ1) is 19.5. The number of carbonyl (C=O) groups excluding carboxylic acids is 4.